The van der Waals surface area contributed by atoms with Crippen molar-refractivity contribution in [2.24, 2.45) is 5.92 Å². The molecule has 0 aliphatic carbocycles. The first kappa shape index (κ1) is 22.3. The Morgan fingerprint density at radius 3 is 2.14 bits per heavy atom. The van der Waals surface area contributed by atoms with E-state index < -0.39 is 0 Å². The van der Waals surface area contributed by atoms with E-state index in [-0.39, 0.29) is 0 Å². The average Bonchev–Trinajstić information content (AvgIpc) is 2.69. The van der Waals surface area contributed by atoms with Gasteiger partial charge >= 0.3 is 0 Å². The van der Waals surface area contributed by atoms with Crippen molar-refractivity contribution in [1.82, 2.24) is 5.32 Å². The molecule has 0 spiro atoms. The van der Waals surface area contributed by atoms with Crippen LogP contribution < -0.4 is 14.8 Å². The Kier molecular flexibility index (Phi) is 8.85. The molecule has 1 atom stereocenters. The Bertz CT molecular complexity index is 739. The maximum atomic E-state index is 5.52. The van der Waals surface area contributed by atoms with Gasteiger partial charge in [0.1, 0.15) is 11.5 Å². The minimum atomic E-state index is 0.567. The monoisotopic (exact) mass is 383 g/mol. The molecule has 0 heterocycles. The number of ether oxygens (including phenoxy) is 2. The molecule has 28 heavy (non-hydrogen) atoms. The summed E-state index contributed by atoms with van der Waals surface area (Å²) in [6, 6.07) is 13.1. The van der Waals surface area contributed by atoms with Crippen LogP contribution in [-0.2, 0) is 6.42 Å². The lowest BCUT2D eigenvalue weighted by Gasteiger charge is -2.22. The van der Waals surface area contributed by atoms with Gasteiger partial charge in [0, 0.05) is 0 Å². The Balaban J connectivity index is 1.79. The van der Waals surface area contributed by atoms with Crippen LogP contribution >= 0.6 is 0 Å². The lowest BCUT2D eigenvalue weighted by Crippen LogP contribution is -2.19. The van der Waals surface area contributed by atoms with Crippen molar-refractivity contribution < 1.29 is 9.47 Å². The molecule has 0 aromatic heterocycles. The van der Waals surface area contributed by atoms with E-state index in [4.69, 9.17) is 9.47 Å². The number of methoxy groups -OCH3 is 2. The Hall–Kier alpha value is -2.00. The standard InChI is InChI=1S/C25H37NO2/c1-18(2)23(22-12-10-20(4)25(17-22)28-6)8-7-14-26-15-13-21-11-9-19(3)24(16-21)27-5/h9-12,16-18,23,26H,7-8,13-15H2,1-6H3. The maximum Gasteiger partial charge on any atom is 0.122 e. The van der Waals surface area contributed by atoms with Crippen LogP contribution in [0.1, 0.15) is 54.9 Å². The summed E-state index contributed by atoms with van der Waals surface area (Å²) in [6.07, 6.45) is 3.39. The lowest BCUT2D eigenvalue weighted by molar-refractivity contribution is 0.406. The van der Waals surface area contributed by atoms with Crippen LogP contribution in [0.4, 0.5) is 0 Å². The van der Waals surface area contributed by atoms with Crippen molar-refractivity contribution in [3.63, 3.8) is 0 Å². The number of aryl methyl sites for hydroxylation is 2. The largest absolute Gasteiger partial charge is 0.496 e. The molecule has 0 aliphatic rings. The van der Waals surface area contributed by atoms with Gasteiger partial charge in [-0.2, -0.15) is 0 Å². The molecule has 1 unspecified atom stereocenters. The Labute approximate surface area is 171 Å². The van der Waals surface area contributed by atoms with Gasteiger partial charge in [0.25, 0.3) is 0 Å². The zero-order chi connectivity index (χ0) is 20.5. The van der Waals surface area contributed by atoms with E-state index >= 15 is 0 Å². The minimum absolute atomic E-state index is 0.567. The topological polar surface area (TPSA) is 30.5 Å². The smallest absolute Gasteiger partial charge is 0.122 e. The van der Waals surface area contributed by atoms with E-state index in [0.717, 1.165) is 31.0 Å². The molecular formula is C25H37NO2. The third-order valence-corrected chi connectivity index (χ3v) is 5.60. The second-order valence-electron chi connectivity index (χ2n) is 8.03. The van der Waals surface area contributed by atoms with Gasteiger partial charge in [0.2, 0.25) is 0 Å². The molecule has 2 aromatic rings. The summed E-state index contributed by atoms with van der Waals surface area (Å²) < 4.78 is 10.9. The Morgan fingerprint density at radius 1 is 0.857 bits per heavy atom. The highest BCUT2D eigenvalue weighted by molar-refractivity contribution is 5.38. The van der Waals surface area contributed by atoms with Gasteiger partial charge in [-0.25, -0.2) is 0 Å². The fourth-order valence-electron chi connectivity index (χ4n) is 3.78. The predicted molar refractivity (Wildman–Crippen MR) is 119 cm³/mol. The minimum Gasteiger partial charge on any atom is -0.496 e. The van der Waals surface area contributed by atoms with Crippen LogP contribution in [0.5, 0.6) is 11.5 Å². The zero-order valence-corrected chi connectivity index (χ0v) is 18.5. The molecule has 2 rings (SSSR count). The first-order valence-electron chi connectivity index (χ1n) is 10.4. The third kappa shape index (κ3) is 6.27. The van der Waals surface area contributed by atoms with Crippen LogP contribution in [0.25, 0.3) is 0 Å². The molecule has 0 radical (unpaired) electrons. The molecule has 3 heteroatoms. The van der Waals surface area contributed by atoms with Gasteiger partial charge in [-0.1, -0.05) is 38.1 Å². The molecule has 0 fully saturated rings. The van der Waals surface area contributed by atoms with Gasteiger partial charge < -0.3 is 14.8 Å². The normalized spacial score (nSPS) is 12.2. The second-order valence-corrected chi connectivity index (χ2v) is 8.03. The fraction of sp³-hybridized carbons (Fsp3) is 0.520. The summed E-state index contributed by atoms with van der Waals surface area (Å²) in [5.41, 5.74) is 5.10. The van der Waals surface area contributed by atoms with E-state index in [1.807, 2.05) is 0 Å². The van der Waals surface area contributed by atoms with Gasteiger partial charge in [-0.05, 0) is 92.4 Å². The van der Waals surface area contributed by atoms with Crippen molar-refractivity contribution >= 4 is 0 Å². The number of benzene rings is 2. The van der Waals surface area contributed by atoms with Crippen LogP contribution in [0, 0.1) is 19.8 Å². The fourth-order valence-corrected chi connectivity index (χ4v) is 3.78. The van der Waals surface area contributed by atoms with E-state index in [2.05, 4.69) is 69.4 Å². The first-order valence-corrected chi connectivity index (χ1v) is 10.4. The molecule has 0 amide bonds. The number of nitrogens with one attached hydrogen (secondary N) is 1. The highest BCUT2D eigenvalue weighted by atomic mass is 16.5. The van der Waals surface area contributed by atoms with Crippen molar-refractivity contribution in [2.45, 2.75) is 52.9 Å². The number of rotatable bonds is 11. The van der Waals surface area contributed by atoms with E-state index in [1.165, 1.54) is 35.1 Å². The molecular weight excluding hydrogens is 346 g/mol. The number of hydrogen-bond donors (Lipinski definition) is 1. The van der Waals surface area contributed by atoms with Crippen LogP contribution in [0.2, 0.25) is 0 Å². The zero-order valence-electron chi connectivity index (χ0n) is 18.5. The molecule has 0 saturated heterocycles. The summed E-state index contributed by atoms with van der Waals surface area (Å²) >= 11 is 0. The molecule has 3 nitrogen and oxygen atoms in total. The lowest BCUT2D eigenvalue weighted by atomic mass is 9.84. The van der Waals surface area contributed by atoms with Gasteiger partial charge in [-0.3, -0.25) is 0 Å². The van der Waals surface area contributed by atoms with E-state index in [9.17, 15) is 0 Å². The summed E-state index contributed by atoms with van der Waals surface area (Å²) in [5, 5.41) is 3.60. The predicted octanol–water partition coefficient (Wildman–Crippen LogP) is 5.67. The van der Waals surface area contributed by atoms with Gasteiger partial charge in [0.15, 0.2) is 0 Å². The van der Waals surface area contributed by atoms with Gasteiger partial charge in [0.05, 0.1) is 14.2 Å². The van der Waals surface area contributed by atoms with E-state index in [0.29, 0.717) is 11.8 Å². The molecule has 2 aromatic carbocycles. The Morgan fingerprint density at radius 2 is 1.50 bits per heavy atom. The van der Waals surface area contributed by atoms with Crippen molar-refractivity contribution in [1.29, 1.82) is 0 Å². The summed E-state index contributed by atoms with van der Waals surface area (Å²) in [4.78, 5) is 0. The summed E-state index contributed by atoms with van der Waals surface area (Å²) in [6.45, 7) is 10.9. The van der Waals surface area contributed by atoms with E-state index in [1.54, 1.807) is 14.2 Å². The molecule has 0 bridgehead atoms. The highest BCUT2D eigenvalue weighted by Crippen LogP contribution is 2.32. The molecule has 1 N–H and O–H groups in total. The first-order chi connectivity index (χ1) is 13.5. The van der Waals surface area contributed by atoms with Crippen LogP contribution in [-0.4, -0.2) is 27.3 Å². The highest BCUT2D eigenvalue weighted by Gasteiger charge is 2.16. The summed E-state index contributed by atoms with van der Waals surface area (Å²) in [5.74, 6) is 3.16. The van der Waals surface area contributed by atoms with Crippen molar-refractivity contribution in [3.8, 4) is 11.5 Å². The summed E-state index contributed by atoms with van der Waals surface area (Å²) in [7, 11) is 3.49. The molecule has 0 aliphatic heterocycles. The third-order valence-electron chi connectivity index (χ3n) is 5.60. The van der Waals surface area contributed by atoms with Crippen molar-refractivity contribution in [2.75, 3.05) is 27.3 Å². The molecule has 154 valence electrons. The SMILES string of the molecule is COc1cc(CCNCCCC(c2ccc(C)c(OC)c2)C(C)C)ccc1C. The number of hydrogen-bond acceptors (Lipinski definition) is 3. The second kappa shape index (κ2) is 11.1. The van der Waals surface area contributed by atoms with Gasteiger partial charge in [-0.15, -0.1) is 0 Å². The van der Waals surface area contributed by atoms with Crippen LogP contribution in [0.3, 0.4) is 0 Å². The van der Waals surface area contributed by atoms with Crippen molar-refractivity contribution in [3.05, 3.63) is 58.7 Å². The quantitative estimate of drug-likeness (QED) is 0.507. The average molecular weight is 384 g/mol. The van der Waals surface area contributed by atoms with Crippen LogP contribution in [0.15, 0.2) is 36.4 Å². The molecule has 0 saturated carbocycles. The maximum absolute atomic E-state index is 5.52.